The van der Waals surface area contributed by atoms with E-state index in [9.17, 15) is 0 Å². The second-order valence-electron chi connectivity index (χ2n) is 8.51. The van der Waals surface area contributed by atoms with Crippen LogP contribution >= 0.6 is 0 Å². The van der Waals surface area contributed by atoms with Gasteiger partial charge in [0.15, 0.2) is 11.5 Å². The Morgan fingerprint density at radius 2 is 1.91 bits per heavy atom. The van der Waals surface area contributed by atoms with E-state index in [0.29, 0.717) is 11.5 Å². The van der Waals surface area contributed by atoms with E-state index in [0.717, 1.165) is 52.3 Å². The zero-order valence-electron chi connectivity index (χ0n) is 17.7. The van der Waals surface area contributed by atoms with E-state index in [-0.39, 0.29) is 0 Å². The van der Waals surface area contributed by atoms with Crippen molar-refractivity contribution in [3.05, 3.63) is 54.6 Å². The summed E-state index contributed by atoms with van der Waals surface area (Å²) in [6.45, 7) is 1.91. The lowest BCUT2D eigenvalue weighted by molar-refractivity contribution is 0.489. The number of pyridine rings is 3. The molecule has 3 N–H and O–H groups in total. The van der Waals surface area contributed by atoms with Crippen LogP contribution in [0.4, 0.5) is 0 Å². The average molecular weight is 425 g/mol. The van der Waals surface area contributed by atoms with Gasteiger partial charge in [0.25, 0.3) is 0 Å². The summed E-state index contributed by atoms with van der Waals surface area (Å²) in [6, 6.07) is 8.04. The zero-order valence-corrected chi connectivity index (χ0v) is 17.7. The third-order valence-corrected chi connectivity index (χ3v) is 6.24. The van der Waals surface area contributed by atoms with E-state index in [1.54, 1.807) is 12.4 Å². The Hall–Kier alpha value is -3.65. The van der Waals surface area contributed by atoms with Crippen LogP contribution in [0, 0.1) is 5.92 Å². The Balaban J connectivity index is 1.28. The summed E-state index contributed by atoms with van der Waals surface area (Å²) in [5.41, 5.74) is 7.08. The molecule has 6 rings (SSSR count). The molecule has 1 saturated carbocycles. The molecule has 1 aliphatic rings. The molecule has 5 heterocycles. The zero-order chi connectivity index (χ0) is 21.3. The van der Waals surface area contributed by atoms with Crippen LogP contribution in [0.3, 0.4) is 0 Å². The number of hydrogen-bond donors (Lipinski definition) is 3. The van der Waals surface area contributed by atoms with Crippen molar-refractivity contribution < 1.29 is 0 Å². The summed E-state index contributed by atoms with van der Waals surface area (Å²) in [6.07, 6.45) is 12.7. The van der Waals surface area contributed by atoms with E-state index >= 15 is 0 Å². The van der Waals surface area contributed by atoms with E-state index < -0.39 is 0 Å². The highest BCUT2D eigenvalue weighted by Crippen LogP contribution is 2.28. The predicted molar refractivity (Wildman–Crippen MR) is 124 cm³/mol. The standard InChI is InChI=1S/C24H24N8/c1-2-4-15(3-1)10-26-11-16-9-17(13-27-12-16)18-5-6-20-22(28-18)23(32-31-20)24-29-19-7-8-25-14-21(19)30-24/h5-9,12-15,26H,1-4,10-11H2,(H,29,30)(H,31,32). The molecule has 1 aliphatic carbocycles. The van der Waals surface area contributed by atoms with Gasteiger partial charge in [0.1, 0.15) is 5.52 Å². The molecule has 0 spiro atoms. The van der Waals surface area contributed by atoms with Crippen LogP contribution in [0.15, 0.2) is 49.1 Å². The first-order valence-electron chi connectivity index (χ1n) is 11.1. The first-order chi connectivity index (χ1) is 15.8. The maximum atomic E-state index is 4.91. The molecule has 5 aromatic heterocycles. The highest BCUT2D eigenvalue weighted by atomic mass is 15.1. The number of nitrogens with one attached hydrogen (secondary N) is 3. The van der Waals surface area contributed by atoms with Gasteiger partial charge in [-0.1, -0.05) is 12.8 Å². The van der Waals surface area contributed by atoms with Gasteiger partial charge in [-0.3, -0.25) is 15.1 Å². The molecule has 0 aromatic carbocycles. The van der Waals surface area contributed by atoms with Gasteiger partial charge < -0.3 is 10.3 Å². The Morgan fingerprint density at radius 3 is 2.81 bits per heavy atom. The van der Waals surface area contributed by atoms with E-state index in [1.165, 1.54) is 31.2 Å². The molecule has 32 heavy (non-hydrogen) atoms. The Labute approximate surface area is 184 Å². The summed E-state index contributed by atoms with van der Waals surface area (Å²) in [7, 11) is 0. The Morgan fingerprint density at radius 1 is 0.969 bits per heavy atom. The number of fused-ring (bicyclic) bond motifs is 2. The number of nitrogens with zero attached hydrogens (tertiary/aromatic N) is 5. The van der Waals surface area contributed by atoms with Gasteiger partial charge in [-0.15, -0.1) is 0 Å². The lowest BCUT2D eigenvalue weighted by Gasteiger charge is -2.11. The van der Waals surface area contributed by atoms with Crippen LogP contribution in [0.1, 0.15) is 31.2 Å². The SMILES string of the molecule is c1cc2nc(-c3n[nH]c4ccc(-c5cncc(CNCC6CCCC6)c5)nc34)[nH]c2cn1. The van der Waals surface area contributed by atoms with Crippen molar-refractivity contribution in [1.82, 2.24) is 40.4 Å². The maximum Gasteiger partial charge on any atom is 0.161 e. The first-order valence-corrected chi connectivity index (χ1v) is 11.1. The molecule has 0 aliphatic heterocycles. The van der Waals surface area contributed by atoms with E-state index in [1.807, 2.05) is 30.6 Å². The van der Waals surface area contributed by atoms with E-state index in [2.05, 4.69) is 41.5 Å². The predicted octanol–water partition coefficient (Wildman–Crippen LogP) is 4.24. The lowest BCUT2D eigenvalue weighted by Crippen LogP contribution is -2.20. The van der Waals surface area contributed by atoms with Crippen molar-refractivity contribution in [2.75, 3.05) is 6.54 Å². The third kappa shape index (κ3) is 3.62. The first kappa shape index (κ1) is 19.1. The number of hydrogen-bond acceptors (Lipinski definition) is 6. The fraction of sp³-hybridized carbons (Fsp3) is 0.292. The van der Waals surface area contributed by atoms with Crippen LogP contribution in [0.25, 0.3) is 44.8 Å². The van der Waals surface area contributed by atoms with Crippen molar-refractivity contribution in [2.24, 2.45) is 5.92 Å². The van der Waals surface area contributed by atoms with Crippen molar-refractivity contribution in [3.63, 3.8) is 0 Å². The van der Waals surface area contributed by atoms with Crippen LogP contribution in [0.2, 0.25) is 0 Å². The molecule has 8 heteroatoms. The minimum atomic E-state index is 0.673. The molecular formula is C24H24N8. The summed E-state index contributed by atoms with van der Waals surface area (Å²) in [4.78, 5) is 21.5. The third-order valence-electron chi connectivity index (χ3n) is 6.24. The Bertz CT molecular complexity index is 1350. The van der Waals surface area contributed by atoms with Crippen LogP contribution in [-0.4, -0.2) is 41.7 Å². The second kappa shape index (κ2) is 8.12. The molecule has 0 atom stereocenters. The summed E-state index contributed by atoms with van der Waals surface area (Å²) in [5.74, 6) is 1.50. The molecule has 0 saturated heterocycles. The molecule has 0 unspecified atom stereocenters. The number of imidazole rings is 1. The minimum absolute atomic E-state index is 0.673. The highest BCUT2D eigenvalue weighted by molar-refractivity contribution is 5.91. The molecule has 0 amide bonds. The molecule has 1 fully saturated rings. The van der Waals surface area contributed by atoms with Gasteiger partial charge in [0.05, 0.1) is 28.4 Å². The van der Waals surface area contributed by atoms with Crippen molar-refractivity contribution in [3.8, 4) is 22.8 Å². The number of H-pyrrole nitrogens is 2. The fourth-order valence-corrected chi connectivity index (χ4v) is 4.55. The molecule has 0 bridgehead atoms. The van der Waals surface area contributed by atoms with Gasteiger partial charge >= 0.3 is 0 Å². The fourth-order valence-electron chi connectivity index (χ4n) is 4.55. The molecule has 5 aromatic rings. The van der Waals surface area contributed by atoms with Crippen LogP contribution in [-0.2, 0) is 6.54 Å². The van der Waals surface area contributed by atoms with Gasteiger partial charge in [-0.05, 0) is 55.1 Å². The molecule has 160 valence electrons. The van der Waals surface area contributed by atoms with Gasteiger partial charge in [-0.25, -0.2) is 9.97 Å². The van der Waals surface area contributed by atoms with Crippen LogP contribution in [0.5, 0.6) is 0 Å². The highest BCUT2D eigenvalue weighted by Gasteiger charge is 2.16. The van der Waals surface area contributed by atoms with Crippen molar-refractivity contribution >= 4 is 22.1 Å². The Kier molecular flexibility index (Phi) is 4.84. The quantitative estimate of drug-likeness (QED) is 0.376. The lowest BCUT2D eigenvalue weighted by atomic mass is 10.1. The van der Waals surface area contributed by atoms with E-state index in [4.69, 9.17) is 4.98 Å². The molecular weight excluding hydrogens is 400 g/mol. The summed E-state index contributed by atoms with van der Waals surface area (Å²) < 4.78 is 0. The largest absolute Gasteiger partial charge is 0.335 e. The molecule has 0 radical (unpaired) electrons. The van der Waals surface area contributed by atoms with Gasteiger partial charge in [0, 0.05) is 30.7 Å². The summed E-state index contributed by atoms with van der Waals surface area (Å²) >= 11 is 0. The summed E-state index contributed by atoms with van der Waals surface area (Å²) in [5, 5.41) is 11.1. The number of rotatable bonds is 6. The van der Waals surface area contributed by atoms with Gasteiger partial charge in [-0.2, -0.15) is 5.10 Å². The smallest absolute Gasteiger partial charge is 0.161 e. The maximum absolute atomic E-state index is 4.91. The topological polar surface area (TPSA) is 108 Å². The monoisotopic (exact) mass is 424 g/mol. The second-order valence-corrected chi connectivity index (χ2v) is 8.51. The number of aromatic amines is 2. The van der Waals surface area contributed by atoms with Gasteiger partial charge in [0.2, 0.25) is 0 Å². The van der Waals surface area contributed by atoms with Crippen molar-refractivity contribution in [2.45, 2.75) is 32.2 Å². The number of aromatic nitrogens is 7. The minimum Gasteiger partial charge on any atom is -0.335 e. The van der Waals surface area contributed by atoms with Crippen LogP contribution < -0.4 is 5.32 Å². The molecule has 8 nitrogen and oxygen atoms in total. The average Bonchev–Trinajstić information content (AvgIpc) is 3.58. The normalized spacial score (nSPS) is 14.6. The van der Waals surface area contributed by atoms with Crippen molar-refractivity contribution in [1.29, 1.82) is 0 Å².